The van der Waals surface area contributed by atoms with E-state index in [1.807, 2.05) is 12.3 Å². The lowest BCUT2D eigenvalue weighted by Gasteiger charge is -2.35. The second-order valence-corrected chi connectivity index (χ2v) is 7.21. The van der Waals surface area contributed by atoms with Gasteiger partial charge in [0.25, 0.3) is 0 Å². The van der Waals surface area contributed by atoms with Gasteiger partial charge in [0.05, 0.1) is 11.6 Å². The molecule has 4 nitrogen and oxygen atoms in total. The summed E-state index contributed by atoms with van der Waals surface area (Å²) in [6, 6.07) is 16.5. The van der Waals surface area contributed by atoms with Crippen LogP contribution in [0.25, 0.3) is 10.9 Å². The topological polar surface area (TPSA) is 45.2 Å². The summed E-state index contributed by atoms with van der Waals surface area (Å²) in [5.74, 6) is 0.101. The Labute approximate surface area is 160 Å². The lowest BCUT2D eigenvalue weighted by atomic mass is 9.93. The summed E-state index contributed by atoms with van der Waals surface area (Å²) in [5, 5.41) is 4.28. The number of nitrogens with zero attached hydrogens (tertiary/aromatic N) is 2. The summed E-state index contributed by atoms with van der Waals surface area (Å²) in [5.41, 5.74) is 5.88. The SMILES string of the molecule is CCN1Cc2ccccc2CC1C(=O)NCc1ccc(C)c2ncccc12. The van der Waals surface area contributed by atoms with Gasteiger partial charge in [0.2, 0.25) is 5.91 Å². The Morgan fingerprint density at radius 2 is 1.96 bits per heavy atom. The second kappa shape index (κ2) is 7.49. The molecule has 0 radical (unpaired) electrons. The Balaban J connectivity index is 1.52. The molecular weight excluding hydrogens is 334 g/mol. The number of carbonyl (C=O) groups excluding carboxylic acids is 1. The Morgan fingerprint density at radius 1 is 1.15 bits per heavy atom. The zero-order valence-corrected chi connectivity index (χ0v) is 15.9. The molecule has 0 fully saturated rings. The van der Waals surface area contributed by atoms with Crippen LogP contribution >= 0.6 is 0 Å². The van der Waals surface area contributed by atoms with Gasteiger partial charge in [-0.3, -0.25) is 14.7 Å². The van der Waals surface area contributed by atoms with E-state index in [4.69, 9.17) is 0 Å². The summed E-state index contributed by atoms with van der Waals surface area (Å²) in [6.45, 7) is 6.41. The first-order chi connectivity index (χ1) is 13.2. The van der Waals surface area contributed by atoms with E-state index in [9.17, 15) is 4.79 Å². The van der Waals surface area contributed by atoms with Gasteiger partial charge in [0.15, 0.2) is 0 Å². The number of amides is 1. The predicted octanol–water partition coefficient (Wildman–Crippen LogP) is 3.61. The van der Waals surface area contributed by atoms with Gasteiger partial charge in [-0.1, -0.05) is 49.4 Å². The van der Waals surface area contributed by atoms with Gasteiger partial charge in [0.1, 0.15) is 0 Å². The number of hydrogen-bond donors (Lipinski definition) is 1. The van der Waals surface area contributed by atoms with E-state index in [1.165, 1.54) is 11.1 Å². The van der Waals surface area contributed by atoms with Crippen LogP contribution in [0.15, 0.2) is 54.7 Å². The molecule has 2 heterocycles. The van der Waals surface area contributed by atoms with Gasteiger partial charge in [-0.05, 0) is 48.2 Å². The van der Waals surface area contributed by atoms with Gasteiger partial charge >= 0.3 is 0 Å². The van der Waals surface area contributed by atoms with Crippen LogP contribution in [-0.2, 0) is 24.3 Å². The average molecular weight is 359 g/mol. The molecule has 0 saturated heterocycles. The highest BCUT2D eigenvalue weighted by molar-refractivity contribution is 5.86. The third-order valence-corrected chi connectivity index (χ3v) is 5.57. The number of pyridine rings is 1. The Bertz CT molecular complexity index is 982. The third-order valence-electron chi connectivity index (χ3n) is 5.57. The smallest absolute Gasteiger partial charge is 0.237 e. The highest BCUT2D eigenvalue weighted by atomic mass is 16.2. The van der Waals surface area contributed by atoms with Crippen molar-refractivity contribution in [3.63, 3.8) is 0 Å². The molecule has 1 aromatic heterocycles. The van der Waals surface area contributed by atoms with Crippen molar-refractivity contribution in [3.8, 4) is 0 Å². The lowest BCUT2D eigenvalue weighted by Crippen LogP contribution is -2.49. The zero-order valence-electron chi connectivity index (χ0n) is 15.9. The third kappa shape index (κ3) is 3.45. The van der Waals surface area contributed by atoms with Crippen LogP contribution in [0.5, 0.6) is 0 Å². The van der Waals surface area contributed by atoms with Crippen LogP contribution in [-0.4, -0.2) is 28.4 Å². The minimum Gasteiger partial charge on any atom is -0.351 e. The van der Waals surface area contributed by atoms with E-state index >= 15 is 0 Å². The first kappa shape index (κ1) is 17.7. The minimum absolute atomic E-state index is 0.101. The molecule has 3 aromatic rings. The number of benzene rings is 2. The standard InChI is InChI=1S/C23H25N3O/c1-3-26-15-19-8-5-4-7-17(19)13-21(26)23(27)25-14-18-11-10-16(2)22-20(18)9-6-12-24-22/h4-12,21H,3,13-15H2,1-2H3,(H,25,27). The average Bonchev–Trinajstić information content (AvgIpc) is 2.72. The summed E-state index contributed by atoms with van der Waals surface area (Å²) in [6.07, 6.45) is 2.59. The van der Waals surface area contributed by atoms with Crippen LogP contribution in [0.3, 0.4) is 0 Å². The van der Waals surface area contributed by atoms with Gasteiger partial charge < -0.3 is 5.32 Å². The van der Waals surface area contributed by atoms with Crippen LogP contribution in [0, 0.1) is 6.92 Å². The summed E-state index contributed by atoms with van der Waals surface area (Å²) < 4.78 is 0. The van der Waals surface area contributed by atoms with Crippen LogP contribution < -0.4 is 5.32 Å². The van der Waals surface area contributed by atoms with Crippen molar-refractivity contribution in [2.75, 3.05) is 6.54 Å². The second-order valence-electron chi connectivity index (χ2n) is 7.21. The van der Waals surface area contributed by atoms with Gasteiger partial charge in [-0.15, -0.1) is 0 Å². The number of likely N-dealkylation sites (N-methyl/N-ethyl adjacent to an activating group) is 1. The van der Waals surface area contributed by atoms with Crippen LogP contribution in [0.4, 0.5) is 0 Å². The van der Waals surface area contributed by atoms with Crippen molar-refractivity contribution >= 4 is 16.8 Å². The van der Waals surface area contributed by atoms with Crippen molar-refractivity contribution in [2.45, 2.75) is 39.4 Å². The maximum atomic E-state index is 13.0. The van der Waals surface area contributed by atoms with Crippen LogP contribution in [0.2, 0.25) is 0 Å². The highest BCUT2D eigenvalue weighted by Gasteiger charge is 2.30. The van der Waals surface area contributed by atoms with E-state index in [-0.39, 0.29) is 11.9 Å². The highest BCUT2D eigenvalue weighted by Crippen LogP contribution is 2.24. The minimum atomic E-state index is -0.111. The fraction of sp³-hybridized carbons (Fsp3) is 0.304. The number of rotatable bonds is 4. The molecule has 138 valence electrons. The molecule has 2 aromatic carbocycles. The van der Waals surface area contributed by atoms with Gasteiger partial charge in [-0.2, -0.15) is 0 Å². The van der Waals surface area contributed by atoms with Crippen molar-refractivity contribution in [3.05, 3.63) is 77.0 Å². The molecule has 1 N–H and O–H groups in total. The maximum Gasteiger partial charge on any atom is 0.237 e. The van der Waals surface area contributed by atoms with Crippen molar-refractivity contribution in [1.29, 1.82) is 0 Å². The van der Waals surface area contributed by atoms with Crippen LogP contribution in [0.1, 0.15) is 29.2 Å². The number of aromatic nitrogens is 1. The van der Waals surface area contributed by atoms with Crippen molar-refractivity contribution < 1.29 is 4.79 Å². The summed E-state index contributed by atoms with van der Waals surface area (Å²) in [7, 11) is 0. The number of fused-ring (bicyclic) bond motifs is 2. The van der Waals surface area contributed by atoms with E-state index < -0.39 is 0 Å². The maximum absolute atomic E-state index is 13.0. The molecular formula is C23H25N3O. The molecule has 1 amide bonds. The molecule has 1 unspecified atom stereocenters. The molecule has 0 saturated carbocycles. The van der Waals surface area contributed by atoms with E-state index in [0.29, 0.717) is 6.54 Å². The molecule has 4 rings (SSSR count). The normalized spacial score (nSPS) is 16.9. The van der Waals surface area contributed by atoms with Crippen molar-refractivity contribution in [2.24, 2.45) is 0 Å². The number of hydrogen-bond acceptors (Lipinski definition) is 3. The molecule has 0 bridgehead atoms. The first-order valence-corrected chi connectivity index (χ1v) is 9.59. The van der Waals surface area contributed by atoms with Gasteiger partial charge in [-0.25, -0.2) is 0 Å². The number of carbonyl (C=O) groups is 1. The van der Waals surface area contributed by atoms with Gasteiger partial charge in [0, 0.05) is 24.7 Å². The molecule has 27 heavy (non-hydrogen) atoms. The monoisotopic (exact) mass is 359 g/mol. The molecule has 0 spiro atoms. The molecule has 4 heteroatoms. The Morgan fingerprint density at radius 3 is 2.78 bits per heavy atom. The quantitative estimate of drug-likeness (QED) is 0.774. The number of nitrogens with one attached hydrogen (secondary N) is 1. The molecule has 1 aliphatic heterocycles. The molecule has 1 atom stereocenters. The lowest BCUT2D eigenvalue weighted by molar-refractivity contribution is -0.127. The van der Waals surface area contributed by atoms with E-state index in [1.54, 1.807) is 0 Å². The Kier molecular flexibility index (Phi) is 4.90. The van der Waals surface area contributed by atoms with E-state index in [2.05, 4.69) is 71.5 Å². The molecule has 1 aliphatic rings. The first-order valence-electron chi connectivity index (χ1n) is 9.59. The molecule has 0 aliphatic carbocycles. The van der Waals surface area contributed by atoms with E-state index in [0.717, 1.165) is 41.5 Å². The fourth-order valence-corrected chi connectivity index (χ4v) is 4.00. The zero-order chi connectivity index (χ0) is 18.8. The largest absolute Gasteiger partial charge is 0.351 e. The summed E-state index contributed by atoms with van der Waals surface area (Å²) in [4.78, 5) is 19.7. The van der Waals surface area contributed by atoms with Crippen molar-refractivity contribution in [1.82, 2.24) is 15.2 Å². The predicted molar refractivity (Wildman–Crippen MR) is 108 cm³/mol. The summed E-state index contributed by atoms with van der Waals surface area (Å²) >= 11 is 0. The fourth-order valence-electron chi connectivity index (χ4n) is 4.00. The number of aryl methyl sites for hydroxylation is 1. The Hall–Kier alpha value is -2.72.